The lowest BCUT2D eigenvalue weighted by atomic mass is 9.56. The van der Waals surface area contributed by atoms with Crippen LogP contribution in [0, 0.1) is 16.2 Å². The van der Waals surface area contributed by atoms with Crippen molar-refractivity contribution < 1.29 is 8.42 Å². The topological polar surface area (TPSA) is 34.1 Å². The molecule has 0 saturated heterocycles. The molecule has 0 aliphatic heterocycles. The Morgan fingerprint density at radius 2 is 0.636 bits per heavy atom. The summed E-state index contributed by atoms with van der Waals surface area (Å²) in [5, 5.41) is 0. The number of hydrogen-bond acceptors (Lipinski definition) is 2. The van der Waals surface area contributed by atoms with Gasteiger partial charge in [0.15, 0.2) is 9.84 Å². The Morgan fingerprint density at radius 1 is 0.455 bits per heavy atom. The number of hydrogen-bond donors (Lipinski definition) is 0. The zero-order chi connectivity index (χ0) is 19.0. The van der Waals surface area contributed by atoms with Gasteiger partial charge in [0, 0.05) is 0 Å². The molecule has 0 amide bonds. The lowest BCUT2D eigenvalue weighted by Crippen LogP contribution is -2.41. The van der Waals surface area contributed by atoms with Gasteiger partial charge in [-0.05, 0) is 57.8 Å². The minimum Gasteiger partial charge on any atom is -0.228 e. The third-order valence-electron chi connectivity index (χ3n) is 5.36. The molecule has 0 radical (unpaired) electrons. The van der Waals surface area contributed by atoms with Crippen molar-refractivity contribution in [3.05, 3.63) is 0 Å². The molecule has 0 heterocycles. The van der Waals surface area contributed by atoms with E-state index in [1.807, 2.05) is 0 Å². The summed E-state index contributed by atoms with van der Waals surface area (Å²) >= 11 is 0. The van der Waals surface area contributed by atoms with Gasteiger partial charge in [0.2, 0.25) is 0 Å². The van der Waals surface area contributed by atoms with Crippen molar-refractivity contribution in [3.63, 3.8) is 0 Å². The maximum atomic E-state index is 11.7. The molecule has 0 fully saturated rings. The van der Waals surface area contributed by atoms with Gasteiger partial charge in [-0.1, -0.05) is 55.4 Å². The first kappa shape index (κ1) is 24.2. The second-order valence-electron chi connectivity index (χ2n) is 10.9. The average Bonchev–Trinajstić information content (AvgIpc) is 2.10. The molecular formula is C19H42O2S. The van der Waals surface area contributed by atoms with Crippen LogP contribution in [0.3, 0.4) is 0 Å². The molecular weight excluding hydrogens is 292 g/mol. The van der Waals surface area contributed by atoms with E-state index in [0.29, 0.717) is 16.2 Å². The van der Waals surface area contributed by atoms with Crippen molar-refractivity contribution in [3.8, 4) is 0 Å². The monoisotopic (exact) mass is 334 g/mol. The van der Waals surface area contributed by atoms with E-state index in [1.165, 1.54) is 0 Å². The van der Waals surface area contributed by atoms with Crippen molar-refractivity contribution in [1.29, 1.82) is 0 Å². The number of rotatable bonds is 0. The predicted molar refractivity (Wildman–Crippen MR) is 101 cm³/mol. The summed E-state index contributed by atoms with van der Waals surface area (Å²) < 4.78 is 22.1. The molecule has 22 heavy (non-hydrogen) atoms. The van der Waals surface area contributed by atoms with E-state index in [4.69, 9.17) is 0 Å². The molecule has 0 aliphatic carbocycles. The summed E-state index contributed by atoms with van der Waals surface area (Å²) in [5.41, 5.74) is 1.14. The third-order valence-corrected chi connectivity index (χ3v) is 8.59. The van der Waals surface area contributed by atoms with Gasteiger partial charge in [0.05, 0.1) is 9.49 Å². The Bertz CT molecular complexity index is 406. The SMILES string of the molecule is CC(C)(C)C(C)(C)C(C)(C)C.CC(C)(C)S(=O)(=O)C(C)(C)C. The normalized spacial score (nSPS) is 15.2. The molecule has 0 atom stereocenters. The Morgan fingerprint density at radius 3 is 0.636 bits per heavy atom. The maximum Gasteiger partial charge on any atom is 0.160 e. The van der Waals surface area contributed by atoms with Gasteiger partial charge in [0.1, 0.15) is 0 Å². The largest absolute Gasteiger partial charge is 0.228 e. The molecule has 0 aromatic rings. The molecule has 0 aromatic heterocycles. The molecule has 0 unspecified atom stereocenters. The second-order valence-corrected chi connectivity index (χ2v) is 14.3. The van der Waals surface area contributed by atoms with Gasteiger partial charge >= 0.3 is 0 Å². The van der Waals surface area contributed by atoms with Gasteiger partial charge in [0.25, 0.3) is 0 Å². The Balaban J connectivity index is 0. The van der Waals surface area contributed by atoms with Crippen LogP contribution in [-0.4, -0.2) is 17.9 Å². The third kappa shape index (κ3) is 5.54. The summed E-state index contributed by atoms with van der Waals surface area (Å²) in [4.78, 5) is 0. The zero-order valence-electron chi connectivity index (χ0n) is 17.7. The summed E-state index contributed by atoms with van der Waals surface area (Å²) in [6, 6.07) is 0. The molecule has 0 aliphatic rings. The van der Waals surface area contributed by atoms with Crippen LogP contribution in [0.4, 0.5) is 0 Å². The standard InChI is InChI=1S/C11H24.C8H18O2S/c1-9(2,3)11(7,8)10(4,5)6;1-7(2,3)11(9,10)8(4,5)6/h1-8H3;1-6H3. The highest BCUT2D eigenvalue weighted by atomic mass is 32.2. The molecule has 136 valence electrons. The molecule has 0 rings (SSSR count). The van der Waals surface area contributed by atoms with Crippen LogP contribution in [0.2, 0.25) is 0 Å². The van der Waals surface area contributed by atoms with Gasteiger partial charge in [-0.25, -0.2) is 8.42 Å². The summed E-state index contributed by atoms with van der Waals surface area (Å²) in [6.45, 7) is 29.0. The zero-order valence-corrected chi connectivity index (χ0v) is 18.5. The highest BCUT2D eigenvalue weighted by Crippen LogP contribution is 2.50. The van der Waals surface area contributed by atoms with Crippen molar-refractivity contribution in [1.82, 2.24) is 0 Å². The van der Waals surface area contributed by atoms with E-state index in [2.05, 4.69) is 55.4 Å². The molecule has 0 aromatic carbocycles. The van der Waals surface area contributed by atoms with E-state index in [1.54, 1.807) is 41.5 Å². The lowest BCUT2D eigenvalue weighted by Gasteiger charge is -2.49. The van der Waals surface area contributed by atoms with E-state index in [-0.39, 0.29) is 0 Å². The predicted octanol–water partition coefficient (Wildman–Crippen LogP) is 6.10. The average molecular weight is 335 g/mol. The molecule has 0 bridgehead atoms. The quantitative estimate of drug-likeness (QED) is 0.536. The Hall–Kier alpha value is -0.0500. The molecule has 0 N–H and O–H groups in total. The van der Waals surface area contributed by atoms with Crippen LogP contribution >= 0.6 is 0 Å². The lowest BCUT2D eigenvalue weighted by molar-refractivity contribution is 0.00575. The summed E-state index contributed by atoms with van der Waals surface area (Å²) in [5.74, 6) is 0. The minimum absolute atomic E-state index is 0.375. The van der Waals surface area contributed by atoms with Crippen LogP contribution < -0.4 is 0 Å². The second kappa shape index (κ2) is 6.45. The van der Waals surface area contributed by atoms with E-state index >= 15 is 0 Å². The Kier molecular flexibility index (Phi) is 7.10. The molecule has 0 saturated carbocycles. The fraction of sp³-hybridized carbons (Fsp3) is 1.00. The van der Waals surface area contributed by atoms with Gasteiger partial charge < -0.3 is 0 Å². The highest BCUT2D eigenvalue weighted by molar-refractivity contribution is 7.94. The van der Waals surface area contributed by atoms with E-state index in [9.17, 15) is 8.42 Å². The van der Waals surface area contributed by atoms with Crippen LogP contribution in [0.5, 0.6) is 0 Å². The van der Waals surface area contributed by atoms with Gasteiger partial charge in [-0.3, -0.25) is 0 Å². The fourth-order valence-electron chi connectivity index (χ4n) is 2.04. The smallest absolute Gasteiger partial charge is 0.160 e. The summed E-state index contributed by atoms with van der Waals surface area (Å²) in [7, 11) is -3.01. The minimum atomic E-state index is -3.01. The number of sulfone groups is 1. The van der Waals surface area contributed by atoms with E-state index in [0.717, 1.165) is 0 Å². The van der Waals surface area contributed by atoms with E-state index < -0.39 is 19.3 Å². The van der Waals surface area contributed by atoms with Crippen molar-refractivity contribution >= 4 is 9.84 Å². The van der Waals surface area contributed by atoms with Gasteiger partial charge in [-0.15, -0.1) is 0 Å². The fourth-order valence-corrected chi connectivity index (χ4v) is 3.88. The van der Waals surface area contributed by atoms with Crippen LogP contribution in [0.1, 0.15) is 96.9 Å². The van der Waals surface area contributed by atoms with Crippen molar-refractivity contribution in [2.45, 2.75) is 106 Å². The Labute approximate surface area is 141 Å². The summed E-state index contributed by atoms with van der Waals surface area (Å²) in [6.07, 6.45) is 0. The highest BCUT2D eigenvalue weighted by Gasteiger charge is 2.42. The molecule has 2 nitrogen and oxygen atoms in total. The van der Waals surface area contributed by atoms with Crippen molar-refractivity contribution in [2.75, 3.05) is 0 Å². The van der Waals surface area contributed by atoms with Gasteiger partial charge in [-0.2, -0.15) is 0 Å². The van der Waals surface area contributed by atoms with Crippen molar-refractivity contribution in [2.24, 2.45) is 16.2 Å². The van der Waals surface area contributed by atoms with Crippen LogP contribution in [0.15, 0.2) is 0 Å². The maximum absolute atomic E-state index is 11.7. The molecule has 0 spiro atoms. The first-order valence-corrected chi connectivity index (χ1v) is 9.72. The molecule has 3 heteroatoms. The van der Waals surface area contributed by atoms with Crippen LogP contribution in [0.25, 0.3) is 0 Å². The van der Waals surface area contributed by atoms with Crippen LogP contribution in [-0.2, 0) is 9.84 Å². The first-order valence-electron chi connectivity index (χ1n) is 8.24. The first-order chi connectivity index (χ1) is 9.00.